The van der Waals surface area contributed by atoms with Crippen molar-refractivity contribution in [2.45, 2.75) is 160 Å². The van der Waals surface area contributed by atoms with Gasteiger partial charge >= 0.3 is 5.97 Å². The largest absolute Gasteiger partial charge is 0.456 e. The Hall–Kier alpha value is -2.52. The molecule has 0 aromatic carbocycles. The van der Waals surface area contributed by atoms with Gasteiger partial charge in [0.1, 0.15) is 24.0 Å². The van der Waals surface area contributed by atoms with Crippen molar-refractivity contribution in [1.82, 2.24) is 4.90 Å². The highest BCUT2D eigenvalue weighted by atomic mass is 16.7. The molecular weight excluding hydrogens is 698 g/mol. The van der Waals surface area contributed by atoms with E-state index in [0.29, 0.717) is 50.5 Å². The summed E-state index contributed by atoms with van der Waals surface area (Å²) in [6, 6.07) is -1.13. The lowest BCUT2D eigenvalue weighted by molar-refractivity contribution is -0.302. The number of hydrogen-bond acceptors (Lipinski definition) is 12. The van der Waals surface area contributed by atoms with Crippen LogP contribution in [0.3, 0.4) is 0 Å². The lowest BCUT2D eigenvalue weighted by Gasteiger charge is -2.47. The average Bonchev–Trinajstić information content (AvgIpc) is 3.15. The number of aliphatic hydroxyl groups excluding tert-OH is 2. The molecule has 2 saturated heterocycles. The summed E-state index contributed by atoms with van der Waals surface area (Å²) < 4.78 is 29.6. The van der Waals surface area contributed by atoms with E-state index < -0.39 is 77.9 Å². The highest BCUT2D eigenvalue weighted by Crippen LogP contribution is 2.39. The fourth-order valence-corrected chi connectivity index (χ4v) is 8.87. The van der Waals surface area contributed by atoms with Crippen molar-refractivity contribution in [2.24, 2.45) is 23.7 Å². The number of nitrogens with zero attached hydrogens (tertiary/aromatic N) is 1. The molecule has 3 N–H and O–H groups in total. The fourth-order valence-electron chi connectivity index (χ4n) is 8.87. The zero-order valence-electron chi connectivity index (χ0n) is 33.5. The topological polar surface area (TPSA) is 178 Å². The van der Waals surface area contributed by atoms with Gasteiger partial charge in [0, 0.05) is 52.6 Å². The van der Waals surface area contributed by atoms with E-state index in [1.165, 1.54) is 19.1 Å². The summed E-state index contributed by atoms with van der Waals surface area (Å²) >= 11 is 0. The van der Waals surface area contributed by atoms with Gasteiger partial charge in [0.05, 0.1) is 30.5 Å². The molecule has 0 unspecified atom stereocenters. The number of carbonyl (C=O) groups is 4. The van der Waals surface area contributed by atoms with E-state index in [4.69, 9.17) is 23.7 Å². The number of allylic oxidation sites excluding steroid dienone is 3. The molecule has 13 nitrogen and oxygen atoms in total. The number of fused-ring (bicyclic) bond motifs is 3. The van der Waals surface area contributed by atoms with Crippen molar-refractivity contribution in [2.75, 3.05) is 27.9 Å². The second-order valence-corrected chi connectivity index (χ2v) is 16.5. The highest BCUT2D eigenvalue weighted by molar-refractivity contribution is 6.39. The van der Waals surface area contributed by atoms with Crippen molar-refractivity contribution in [3.8, 4) is 0 Å². The Balaban J connectivity index is 1.72. The molecule has 54 heavy (non-hydrogen) atoms. The van der Waals surface area contributed by atoms with Crippen LogP contribution in [0.5, 0.6) is 0 Å². The van der Waals surface area contributed by atoms with Gasteiger partial charge in [0.15, 0.2) is 0 Å². The molecule has 4 aliphatic rings. The average molecular weight is 764 g/mol. The molecule has 4 rings (SSSR count). The molecule has 13 atom stereocenters. The summed E-state index contributed by atoms with van der Waals surface area (Å²) in [5.41, 5.74) is 1.64. The summed E-state index contributed by atoms with van der Waals surface area (Å²) in [6.07, 6.45) is 3.27. The Bertz CT molecular complexity index is 1380. The Morgan fingerprint density at radius 1 is 0.889 bits per heavy atom. The minimum absolute atomic E-state index is 0.00603. The molecule has 3 fully saturated rings. The maximum absolute atomic E-state index is 14.2. The molecule has 1 aliphatic carbocycles. The third-order valence-corrected chi connectivity index (χ3v) is 12.3. The van der Waals surface area contributed by atoms with Gasteiger partial charge in [-0.1, -0.05) is 38.5 Å². The molecule has 0 spiro atoms. The monoisotopic (exact) mass is 763 g/mol. The first kappa shape index (κ1) is 44.2. The van der Waals surface area contributed by atoms with E-state index in [9.17, 15) is 34.5 Å². The van der Waals surface area contributed by atoms with Gasteiger partial charge in [-0.25, -0.2) is 4.79 Å². The Morgan fingerprint density at radius 3 is 2.22 bits per heavy atom. The fraction of sp³-hybridized carbons (Fsp3) is 0.805. The maximum Gasteiger partial charge on any atom is 0.329 e. The van der Waals surface area contributed by atoms with E-state index in [-0.39, 0.29) is 56.0 Å². The van der Waals surface area contributed by atoms with Gasteiger partial charge in [-0.3, -0.25) is 14.4 Å². The van der Waals surface area contributed by atoms with Crippen LogP contribution in [-0.4, -0.2) is 126 Å². The number of esters is 1. The van der Waals surface area contributed by atoms with Gasteiger partial charge in [-0.2, -0.15) is 0 Å². The molecule has 3 aliphatic heterocycles. The number of amides is 1. The van der Waals surface area contributed by atoms with E-state index in [1.807, 2.05) is 32.9 Å². The molecule has 0 aromatic rings. The Morgan fingerprint density at radius 2 is 1.56 bits per heavy atom. The number of cyclic esters (lactones) is 1. The van der Waals surface area contributed by atoms with Crippen LogP contribution in [-0.2, 0) is 42.9 Å². The van der Waals surface area contributed by atoms with Gasteiger partial charge in [0.25, 0.3) is 11.7 Å². The summed E-state index contributed by atoms with van der Waals surface area (Å²) in [4.78, 5) is 56.9. The second-order valence-electron chi connectivity index (χ2n) is 16.5. The molecule has 306 valence electrons. The first-order valence-electron chi connectivity index (χ1n) is 19.8. The predicted octanol–water partition coefficient (Wildman–Crippen LogP) is 3.84. The standard InChI is InChI=1S/C41H65NO12/c1-23-12-14-29(43)22-32(45)27(5)36(25(3)19-28-13-15-31(44)33(21-28)50-6)53-40(48)30-11-9-10-16-42(30)39(47)38(46)41(49)26(4)20-35(52-8)37(54-41)34(51-7)18-24(2)17-23/h12,19,24,26-28,30-37,44-45,49H,9-11,13-18,20-22H2,1-8H3/b23-12+,25-19+/t24-,26+,27+,28-,30-,31+,32-,33+,34-,35-,36+,37+,41+/m0/s1. The lowest BCUT2D eigenvalue weighted by atomic mass is 9.82. The predicted molar refractivity (Wildman–Crippen MR) is 199 cm³/mol. The zero-order chi connectivity index (χ0) is 39.9. The number of aliphatic hydroxyl groups is 3. The first-order chi connectivity index (χ1) is 25.5. The van der Waals surface area contributed by atoms with Crippen LogP contribution >= 0.6 is 0 Å². The van der Waals surface area contributed by atoms with Crippen molar-refractivity contribution in [3.05, 3.63) is 23.3 Å². The number of piperidine rings is 1. The minimum Gasteiger partial charge on any atom is -0.456 e. The Labute approximate surface area is 320 Å². The maximum atomic E-state index is 14.2. The lowest BCUT2D eigenvalue weighted by Crippen LogP contribution is -2.64. The summed E-state index contributed by atoms with van der Waals surface area (Å²) in [6.45, 7) is 9.25. The number of methoxy groups -OCH3 is 3. The number of carbonyl (C=O) groups excluding carboxylic acids is 4. The molecule has 3 heterocycles. The Kier molecular flexibility index (Phi) is 16.0. The van der Waals surface area contributed by atoms with Crippen molar-refractivity contribution < 1.29 is 58.2 Å². The first-order valence-corrected chi connectivity index (χ1v) is 19.8. The summed E-state index contributed by atoms with van der Waals surface area (Å²) in [7, 11) is 4.61. The zero-order valence-corrected chi connectivity index (χ0v) is 33.5. The number of ketones is 2. The van der Waals surface area contributed by atoms with Crippen LogP contribution < -0.4 is 0 Å². The smallest absolute Gasteiger partial charge is 0.329 e. The van der Waals surface area contributed by atoms with Crippen LogP contribution in [0.25, 0.3) is 0 Å². The van der Waals surface area contributed by atoms with E-state index in [2.05, 4.69) is 0 Å². The van der Waals surface area contributed by atoms with Crippen LogP contribution in [0.4, 0.5) is 0 Å². The van der Waals surface area contributed by atoms with Gasteiger partial charge in [0.2, 0.25) is 5.79 Å². The van der Waals surface area contributed by atoms with E-state index in [1.54, 1.807) is 21.0 Å². The van der Waals surface area contributed by atoms with Crippen LogP contribution in [0.2, 0.25) is 0 Å². The van der Waals surface area contributed by atoms with Crippen LogP contribution in [0.1, 0.15) is 105 Å². The number of rotatable bonds is 5. The summed E-state index contributed by atoms with van der Waals surface area (Å²) in [5, 5.41) is 33.8. The summed E-state index contributed by atoms with van der Waals surface area (Å²) in [5.74, 6) is -7.07. The third kappa shape index (κ3) is 10.5. The van der Waals surface area contributed by atoms with Crippen molar-refractivity contribution >= 4 is 23.4 Å². The molecule has 1 amide bonds. The van der Waals surface area contributed by atoms with Gasteiger partial charge in [-0.15, -0.1) is 0 Å². The SMILES string of the molecule is CO[C@H]1C[C@@H](C)C/C(C)=C/CC(=O)C[C@H](O)[C@@H](C)[C@@H](/C(C)=C/[C@@H]2CC[C@@H](O)[C@H](OC)C2)OC(=O)[C@@H]2CCCCN2C(=O)C(=O)[C@]2(O)O[C@H]1[C@@H](OC)C[C@H]2C. The van der Waals surface area contributed by atoms with Gasteiger partial charge < -0.3 is 43.9 Å². The molecule has 0 radical (unpaired) electrons. The third-order valence-electron chi connectivity index (χ3n) is 12.3. The van der Waals surface area contributed by atoms with E-state index >= 15 is 0 Å². The molecule has 1 saturated carbocycles. The van der Waals surface area contributed by atoms with Crippen LogP contribution in [0, 0.1) is 23.7 Å². The molecule has 13 heteroatoms. The van der Waals surface area contributed by atoms with Crippen molar-refractivity contribution in [1.29, 1.82) is 0 Å². The van der Waals surface area contributed by atoms with Gasteiger partial charge in [-0.05, 0) is 89.0 Å². The minimum atomic E-state index is -2.49. The number of Topliss-reactive ketones (excluding diaryl/α,β-unsaturated/α-hetero) is 2. The molecular formula is C41H65NO12. The van der Waals surface area contributed by atoms with Crippen molar-refractivity contribution in [3.63, 3.8) is 0 Å². The number of ether oxygens (including phenoxy) is 5. The highest BCUT2D eigenvalue weighted by Gasteiger charge is 2.56. The molecule has 0 aromatic heterocycles. The van der Waals surface area contributed by atoms with E-state index in [0.717, 1.165) is 5.57 Å². The quantitative estimate of drug-likeness (QED) is 0.210. The van der Waals surface area contributed by atoms with Crippen LogP contribution in [0.15, 0.2) is 23.3 Å². The number of hydrogen-bond donors (Lipinski definition) is 3. The normalized spacial score (nSPS) is 41.3. The second kappa shape index (κ2) is 19.6. The molecule has 2 bridgehead atoms.